The number of nitrogens with two attached hydrogens (primary N) is 1. The highest BCUT2D eigenvalue weighted by molar-refractivity contribution is 7.91. The summed E-state index contributed by atoms with van der Waals surface area (Å²) in [5.74, 6) is 0.939. The van der Waals surface area contributed by atoms with Gasteiger partial charge < -0.3 is 10.8 Å². The molecule has 1 fully saturated rings. The molecule has 0 aromatic carbocycles. The van der Waals surface area contributed by atoms with Crippen molar-refractivity contribution in [2.24, 2.45) is 0 Å². The lowest BCUT2D eigenvalue weighted by atomic mass is 10.3. The van der Waals surface area contributed by atoms with Crippen molar-refractivity contribution in [3.63, 3.8) is 0 Å². The summed E-state index contributed by atoms with van der Waals surface area (Å²) in [6.07, 6.45) is 2.17. The molecule has 1 aliphatic heterocycles. The molecule has 1 aromatic heterocycles. The Morgan fingerprint density at radius 2 is 2.60 bits per heavy atom. The van der Waals surface area contributed by atoms with E-state index in [2.05, 4.69) is 4.98 Å². The molecule has 2 rings (SSSR count). The fourth-order valence-electron chi connectivity index (χ4n) is 1.31. The molecule has 1 aliphatic rings. The van der Waals surface area contributed by atoms with Crippen molar-refractivity contribution in [2.75, 3.05) is 18.1 Å². The van der Waals surface area contributed by atoms with Crippen molar-refractivity contribution < 1.29 is 9.29 Å². The molecule has 1 aromatic rings. The highest BCUT2D eigenvalue weighted by Gasteiger charge is 2.38. The second-order valence-electron chi connectivity index (χ2n) is 3.18. The molecule has 7 heteroatoms. The number of nitrogens with zero attached hydrogens (tertiary/aromatic N) is 2. The molecule has 0 spiro atoms. The van der Waals surface area contributed by atoms with Crippen LogP contribution in [0.15, 0.2) is 17.1 Å². The van der Waals surface area contributed by atoms with Gasteiger partial charge in [0, 0.05) is 12.5 Å². The average molecular weight is 230 g/mol. The predicted octanol–water partition coefficient (Wildman–Crippen LogP) is -1.10. The predicted molar refractivity (Wildman–Crippen MR) is 57.1 cm³/mol. The molecular weight excluding hydrogens is 218 g/mol. The van der Waals surface area contributed by atoms with Crippen molar-refractivity contribution in [1.29, 1.82) is 0 Å². The van der Waals surface area contributed by atoms with Crippen LogP contribution in [-0.4, -0.2) is 32.5 Å². The number of hydrogen-bond donors (Lipinski definition) is 2. The van der Waals surface area contributed by atoms with Crippen LogP contribution in [0.1, 0.15) is 6.42 Å². The Morgan fingerprint density at radius 3 is 3.20 bits per heavy atom. The number of aromatic nitrogens is 2. The summed E-state index contributed by atoms with van der Waals surface area (Å²) in [4.78, 5) is 15.1. The van der Waals surface area contributed by atoms with Gasteiger partial charge in [-0.1, -0.05) is 3.97 Å². The summed E-state index contributed by atoms with van der Waals surface area (Å²) in [6.45, 7) is -0.0132. The molecule has 1 unspecified atom stereocenters. The molecule has 0 bridgehead atoms. The van der Waals surface area contributed by atoms with E-state index in [1.807, 2.05) is 0 Å². The van der Waals surface area contributed by atoms with E-state index in [9.17, 15) is 4.79 Å². The Morgan fingerprint density at radius 1 is 1.80 bits per heavy atom. The lowest BCUT2D eigenvalue weighted by Crippen LogP contribution is -2.30. The summed E-state index contributed by atoms with van der Waals surface area (Å²) in [5, 5.41) is 8.90. The van der Waals surface area contributed by atoms with E-state index in [0.29, 0.717) is 0 Å². The van der Waals surface area contributed by atoms with E-state index in [4.69, 9.17) is 15.0 Å². The molecule has 1 saturated heterocycles. The molecule has 2 heterocycles. The van der Waals surface area contributed by atoms with Gasteiger partial charge in [-0.25, -0.2) is 4.79 Å². The lowest BCUT2D eigenvalue weighted by molar-refractivity contribution is 0.143. The maximum Gasteiger partial charge on any atom is 0.393 e. The van der Waals surface area contributed by atoms with Crippen LogP contribution >= 0.6 is 0 Å². The molecule has 15 heavy (non-hydrogen) atoms. The van der Waals surface area contributed by atoms with Gasteiger partial charge in [0.05, 0.1) is 12.8 Å². The number of rotatable bonds is 2. The Labute approximate surface area is 89.4 Å². The summed E-state index contributed by atoms with van der Waals surface area (Å²) in [6, 6.07) is 1.56. The van der Waals surface area contributed by atoms with Gasteiger partial charge >= 0.3 is 5.69 Å². The second-order valence-corrected chi connectivity index (χ2v) is 4.81. The minimum absolute atomic E-state index is 0.0132. The SMILES string of the molecule is Nc1ccn([S+]2CC[C@@H](CO)O2)c(=O)n1. The summed E-state index contributed by atoms with van der Waals surface area (Å²) in [5.41, 5.74) is 4.97. The second kappa shape index (κ2) is 4.21. The lowest BCUT2D eigenvalue weighted by Gasteiger charge is -2.01. The monoisotopic (exact) mass is 230 g/mol. The van der Waals surface area contributed by atoms with E-state index in [0.717, 1.165) is 12.2 Å². The maximum atomic E-state index is 11.5. The number of hydrogen-bond acceptors (Lipinski definition) is 5. The third-order valence-electron chi connectivity index (χ3n) is 2.08. The van der Waals surface area contributed by atoms with Gasteiger partial charge in [0.25, 0.3) is 11.4 Å². The van der Waals surface area contributed by atoms with Crippen LogP contribution in [0.3, 0.4) is 0 Å². The first-order chi connectivity index (χ1) is 7.20. The van der Waals surface area contributed by atoms with Gasteiger partial charge in [0.2, 0.25) is 0 Å². The molecule has 0 radical (unpaired) electrons. The Bertz CT molecular complexity index is 408. The van der Waals surface area contributed by atoms with Gasteiger partial charge in [0.15, 0.2) is 5.75 Å². The van der Waals surface area contributed by atoms with Crippen LogP contribution in [0.5, 0.6) is 0 Å². The van der Waals surface area contributed by atoms with Gasteiger partial charge in [0.1, 0.15) is 11.9 Å². The smallest absolute Gasteiger partial charge is 0.393 e. The fraction of sp³-hybridized carbons (Fsp3) is 0.500. The van der Waals surface area contributed by atoms with Crippen molar-refractivity contribution in [3.05, 3.63) is 22.7 Å². The highest BCUT2D eigenvalue weighted by atomic mass is 32.2. The Kier molecular flexibility index (Phi) is 2.94. The third-order valence-corrected chi connectivity index (χ3v) is 3.87. The van der Waals surface area contributed by atoms with Crippen molar-refractivity contribution in [3.8, 4) is 0 Å². The largest absolute Gasteiger partial charge is 0.393 e. The van der Waals surface area contributed by atoms with Crippen LogP contribution in [0.25, 0.3) is 0 Å². The van der Waals surface area contributed by atoms with Crippen LogP contribution in [0, 0.1) is 0 Å². The molecule has 2 atom stereocenters. The van der Waals surface area contributed by atoms with E-state index in [1.54, 1.807) is 12.3 Å². The van der Waals surface area contributed by atoms with E-state index in [-0.39, 0.29) is 18.5 Å². The van der Waals surface area contributed by atoms with E-state index >= 15 is 0 Å². The van der Waals surface area contributed by atoms with Crippen LogP contribution in [0.2, 0.25) is 0 Å². The number of anilines is 1. The van der Waals surface area contributed by atoms with Gasteiger partial charge in [-0.3, -0.25) is 0 Å². The van der Waals surface area contributed by atoms with E-state index < -0.39 is 17.1 Å². The average Bonchev–Trinajstić information content (AvgIpc) is 2.66. The van der Waals surface area contributed by atoms with Crippen molar-refractivity contribution in [2.45, 2.75) is 12.5 Å². The first-order valence-corrected chi connectivity index (χ1v) is 5.83. The zero-order valence-corrected chi connectivity index (χ0v) is 8.81. The first-order valence-electron chi connectivity index (χ1n) is 4.55. The maximum absolute atomic E-state index is 11.5. The zero-order chi connectivity index (χ0) is 10.8. The normalized spacial score (nSPS) is 25.7. The standard InChI is InChI=1S/C8H11N3O3S/c9-7-1-3-11(8(13)10-7)15-4-2-6(5-12)14-15/h1,3,6,12H,2,4-5H2,(H-,9,10,13)/p+1/t6-,15?/m0/s1. The zero-order valence-electron chi connectivity index (χ0n) is 8.00. The van der Waals surface area contributed by atoms with Crippen LogP contribution in [0.4, 0.5) is 5.82 Å². The van der Waals surface area contributed by atoms with Gasteiger partial charge in [-0.2, -0.15) is 4.98 Å². The molecule has 0 amide bonds. The van der Waals surface area contributed by atoms with Crippen molar-refractivity contribution in [1.82, 2.24) is 8.96 Å². The topological polar surface area (TPSA) is 90.4 Å². The summed E-state index contributed by atoms with van der Waals surface area (Å²) in [7, 11) is 0. The van der Waals surface area contributed by atoms with Gasteiger partial charge in [-0.05, 0) is 0 Å². The van der Waals surface area contributed by atoms with Crippen LogP contribution in [-0.2, 0) is 15.5 Å². The summed E-state index contributed by atoms with van der Waals surface area (Å²) < 4.78 is 6.90. The number of nitrogen functional groups attached to an aromatic ring is 1. The van der Waals surface area contributed by atoms with Gasteiger partial charge in [-0.15, -0.1) is 4.18 Å². The number of aliphatic hydroxyl groups excluding tert-OH is 1. The molecule has 6 nitrogen and oxygen atoms in total. The third kappa shape index (κ3) is 2.14. The molecular formula is C8H12N3O3S+. The van der Waals surface area contributed by atoms with Crippen LogP contribution < -0.4 is 11.4 Å². The number of aliphatic hydroxyl groups is 1. The Balaban J connectivity index is 2.20. The highest BCUT2D eigenvalue weighted by Crippen LogP contribution is 2.18. The first kappa shape index (κ1) is 10.5. The Hall–Kier alpha value is -1.05. The quantitative estimate of drug-likeness (QED) is 0.630. The summed E-state index contributed by atoms with van der Waals surface area (Å²) >= 11 is -0.614. The minimum Gasteiger partial charge on any atom is -0.393 e. The molecule has 82 valence electrons. The minimum atomic E-state index is -0.614. The molecule has 0 saturated carbocycles. The van der Waals surface area contributed by atoms with Crippen molar-refractivity contribution >= 4 is 17.2 Å². The fourth-order valence-corrected chi connectivity index (χ4v) is 3.04. The molecule has 0 aliphatic carbocycles. The van der Waals surface area contributed by atoms with E-state index in [1.165, 1.54) is 3.97 Å². The molecule has 3 N–H and O–H groups in total.